The van der Waals surface area contributed by atoms with Crippen LogP contribution in [0.25, 0.3) is 0 Å². The molecule has 0 spiro atoms. The molecule has 34 heavy (non-hydrogen) atoms. The molecule has 1 amide bonds. The standard InChI is InChI=1S/C26H29FN4O2S/c1-18-7-6-8-20(15-18)16-21-19(2)28-26(29(3)25(21)33)34-17-24(32)31-13-11-30(12-14-31)23-10-5-4-9-22(23)27/h4-10,15H,11-14,16-17H2,1-3H3. The summed E-state index contributed by atoms with van der Waals surface area (Å²) in [6.45, 7) is 6.12. The molecule has 0 N–H and O–H groups in total. The van der Waals surface area contributed by atoms with E-state index in [9.17, 15) is 14.0 Å². The molecule has 6 nitrogen and oxygen atoms in total. The molecule has 3 aromatic rings. The van der Waals surface area contributed by atoms with Crippen LogP contribution in [0.4, 0.5) is 10.1 Å². The van der Waals surface area contributed by atoms with Crippen molar-refractivity contribution in [3.05, 3.63) is 87.1 Å². The summed E-state index contributed by atoms with van der Waals surface area (Å²) in [5.41, 5.74) is 4.09. The number of benzene rings is 2. The average Bonchev–Trinajstić information content (AvgIpc) is 2.83. The van der Waals surface area contributed by atoms with E-state index in [0.29, 0.717) is 54.7 Å². The highest BCUT2D eigenvalue weighted by Gasteiger charge is 2.23. The highest BCUT2D eigenvalue weighted by molar-refractivity contribution is 7.99. The maximum atomic E-state index is 14.0. The molecule has 1 aliphatic rings. The number of carbonyl (C=O) groups is 1. The topological polar surface area (TPSA) is 58.4 Å². The fourth-order valence-corrected chi connectivity index (χ4v) is 5.12. The van der Waals surface area contributed by atoms with Gasteiger partial charge in [-0.1, -0.05) is 53.7 Å². The Morgan fingerprint density at radius 1 is 1.06 bits per heavy atom. The van der Waals surface area contributed by atoms with E-state index < -0.39 is 0 Å². The Hall–Kier alpha value is -3.13. The first-order valence-corrected chi connectivity index (χ1v) is 12.3. The van der Waals surface area contributed by atoms with Crippen molar-refractivity contribution in [2.45, 2.75) is 25.4 Å². The summed E-state index contributed by atoms with van der Waals surface area (Å²) in [7, 11) is 1.70. The number of rotatable bonds is 6. The highest BCUT2D eigenvalue weighted by Crippen LogP contribution is 2.21. The predicted octanol–water partition coefficient (Wildman–Crippen LogP) is 3.57. The van der Waals surface area contributed by atoms with Gasteiger partial charge in [-0.2, -0.15) is 0 Å². The van der Waals surface area contributed by atoms with Crippen molar-refractivity contribution in [2.75, 3.05) is 36.8 Å². The van der Waals surface area contributed by atoms with Gasteiger partial charge in [-0.3, -0.25) is 14.2 Å². The second kappa shape index (κ2) is 10.4. The van der Waals surface area contributed by atoms with Gasteiger partial charge in [-0.15, -0.1) is 0 Å². The van der Waals surface area contributed by atoms with Crippen LogP contribution in [0.15, 0.2) is 58.5 Å². The number of anilines is 1. The van der Waals surface area contributed by atoms with Crippen molar-refractivity contribution in [3.8, 4) is 0 Å². The third-order valence-electron chi connectivity index (χ3n) is 6.16. The Balaban J connectivity index is 1.37. The van der Waals surface area contributed by atoms with E-state index in [1.165, 1.54) is 22.4 Å². The number of para-hydroxylation sites is 1. The number of carbonyl (C=O) groups excluding carboxylic acids is 1. The van der Waals surface area contributed by atoms with Gasteiger partial charge in [0.05, 0.1) is 11.4 Å². The van der Waals surface area contributed by atoms with Crippen LogP contribution < -0.4 is 10.5 Å². The van der Waals surface area contributed by atoms with Crippen LogP contribution in [-0.4, -0.2) is 52.3 Å². The van der Waals surface area contributed by atoms with Gasteiger partial charge in [0.15, 0.2) is 5.16 Å². The third kappa shape index (κ3) is 5.33. The van der Waals surface area contributed by atoms with Gasteiger partial charge in [0.2, 0.25) is 5.91 Å². The number of piperazine rings is 1. The minimum Gasteiger partial charge on any atom is -0.366 e. The van der Waals surface area contributed by atoms with Crippen molar-refractivity contribution in [2.24, 2.45) is 7.05 Å². The van der Waals surface area contributed by atoms with Crippen LogP contribution in [0, 0.1) is 19.7 Å². The van der Waals surface area contributed by atoms with E-state index in [0.717, 1.165) is 11.1 Å². The van der Waals surface area contributed by atoms with Gasteiger partial charge >= 0.3 is 0 Å². The second-order valence-corrected chi connectivity index (χ2v) is 9.54. The van der Waals surface area contributed by atoms with Crippen molar-refractivity contribution in [1.29, 1.82) is 0 Å². The van der Waals surface area contributed by atoms with E-state index in [1.807, 2.05) is 43.0 Å². The molecular weight excluding hydrogens is 451 g/mol. The maximum Gasteiger partial charge on any atom is 0.257 e. The molecule has 4 rings (SSSR count). The minimum absolute atomic E-state index is 0.00563. The molecular formula is C26H29FN4O2S. The normalized spacial score (nSPS) is 13.9. The van der Waals surface area contributed by atoms with Crippen LogP contribution in [-0.2, 0) is 18.3 Å². The number of hydrogen-bond acceptors (Lipinski definition) is 5. The predicted molar refractivity (Wildman–Crippen MR) is 134 cm³/mol. The van der Waals surface area contributed by atoms with Crippen molar-refractivity contribution in [3.63, 3.8) is 0 Å². The summed E-state index contributed by atoms with van der Waals surface area (Å²) in [5, 5.41) is 0.536. The summed E-state index contributed by atoms with van der Waals surface area (Å²) in [5.74, 6) is -0.0450. The van der Waals surface area contributed by atoms with E-state index in [2.05, 4.69) is 11.1 Å². The molecule has 0 radical (unpaired) electrons. The summed E-state index contributed by atoms with van der Waals surface area (Å²) < 4.78 is 15.6. The van der Waals surface area contributed by atoms with Crippen molar-refractivity contribution in [1.82, 2.24) is 14.5 Å². The number of aromatic nitrogens is 2. The molecule has 1 saturated heterocycles. The fourth-order valence-electron chi connectivity index (χ4n) is 4.21. The smallest absolute Gasteiger partial charge is 0.257 e. The highest BCUT2D eigenvalue weighted by atomic mass is 32.2. The number of nitrogens with zero attached hydrogens (tertiary/aromatic N) is 4. The molecule has 0 unspecified atom stereocenters. The van der Waals surface area contributed by atoms with E-state index >= 15 is 0 Å². The van der Waals surface area contributed by atoms with Crippen molar-refractivity contribution >= 4 is 23.4 Å². The first-order valence-electron chi connectivity index (χ1n) is 11.4. The number of amides is 1. The third-order valence-corrected chi connectivity index (χ3v) is 7.18. The first-order chi connectivity index (χ1) is 16.3. The van der Waals surface area contributed by atoms with Gasteiger partial charge in [0, 0.05) is 50.9 Å². The zero-order chi connectivity index (χ0) is 24.2. The Labute approximate surface area is 203 Å². The van der Waals surface area contributed by atoms with Gasteiger partial charge in [0.25, 0.3) is 5.56 Å². The average molecular weight is 481 g/mol. The zero-order valence-electron chi connectivity index (χ0n) is 19.8. The molecule has 0 aliphatic carbocycles. The van der Waals surface area contributed by atoms with Crippen LogP contribution in [0.3, 0.4) is 0 Å². The quantitative estimate of drug-likeness (QED) is 0.399. The lowest BCUT2D eigenvalue weighted by atomic mass is 10.0. The molecule has 0 bridgehead atoms. The van der Waals surface area contributed by atoms with Gasteiger partial charge in [-0.05, 0) is 31.5 Å². The molecule has 1 aliphatic heterocycles. The minimum atomic E-state index is -0.244. The molecule has 0 atom stereocenters. The lowest BCUT2D eigenvalue weighted by molar-refractivity contribution is -0.128. The van der Waals surface area contributed by atoms with Gasteiger partial charge in [-0.25, -0.2) is 9.37 Å². The largest absolute Gasteiger partial charge is 0.366 e. The summed E-state index contributed by atoms with van der Waals surface area (Å²) in [6.07, 6.45) is 0.531. The van der Waals surface area contributed by atoms with Crippen LogP contribution in [0.5, 0.6) is 0 Å². The molecule has 2 heterocycles. The zero-order valence-corrected chi connectivity index (χ0v) is 20.6. The Morgan fingerprint density at radius 2 is 1.79 bits per heavy atom. The fraction of sp³-hybridized carbons (Fsp3) is 0.346. The van der Waals surface area contributed by atoms with E-state index in [4.69, 9.17) is 0 Å². The Morgan fingerprint density at radius 3 is 2.50 bits per heavy atom. The SMILES string of the molecule is Cc1cccc(Cc2c(C)nc(SCC(=O)N3CCN(c4ccccc4F)CC3)n(C)c2=O)c1. The molecule has 178 valence electrons. The van der Waals surface area contributed by atoms with Crippen molar-refractivity contribution < 1.29 is 9.18 Å². The molecule has 0 saturated carbocycles. The monoisotopic (exact) mass is 480 g/mol. The van der Waals surface area contributed by atoms with Crippen LogP contribution >= 0.6 is 11.8 Å². The van der Waals surface area contributed by atoms with Gasteiger partial charge < -0.3 is 9.80 Å². The lowest BCUT2D eigenvalue weighted by Gasteiger charge is -2.36. The van der Waals surface area contributed by atoms with Gasteiger partial charge in [0.1, 0.15) is 5.82 Å². The Bertz CT molecular complexity index is 1250. The number of aryl methyl sites for hydroxylation is 2. The molecule has 1 fully saturated rings. The number of thioether (sulfide) groups is 1. The van der Waals surface area contributed by atoms with E-state index in [-0.39, 0.29) is 23.0 Å². The number of halogens is 1. The second-order valence-electron chi connectivity index (χ2n) is 8.60. The summed E-state index contributed by atoms with van der Waals surface area (Å²) in [6, 6.07) is 14.8. The summed E-state index contributed by atoms with van der Waals surface area (Å²) >= 11 is 1.28. The van der Waals surface area contributed by atoms with Crippen LogP contribution in [0.1, 0.15) is 22.4 Å². The Kier molecular flexibility index (Phi) is 7.36. The molecule has 8 heteroatoms. The molecule has 2 aromatic carbocycles. The van der Waals surface area contributed by atoms with Crippen LogP contribution in [0.2, 0.25) is 0 Å². The first kappa shape index (κ1) is 24.0. The number of hydrogen-bond donors (Lipinski definition) is 0. The maximum absolute atomic E-state index is 14.0. The lowest BCUT2D eigenvalue weighted by Crippen LogP contribution is -2.49. The van der Waals surface area contributed by atoms with E-state index in [1.54, 1.807) is 24.1 Å². The molecule has 1 aromatic heterocycles. The summed E-state index contributed by atoms with van der Waals surface area (Å²) in [4.78, 5) is 34.2.